The van der Waals surface area contributed by atoms with Gasteiger partial charge in [0.2, 0.25) is 0 Å². The van der Waals surface area contributed by atoms with E-state index in [0.717, 1.165) is 29.0 Å². The zero-order valence-electron chi connectivity index (χ0n) is 11.4. The highest BCUT2D eigenvalue weighted by Gasteiger charge is 2.21. The fraction of sp³-hybridized carbons (Fsp3) is 0.500. The number of imidazole rings is 1. The Morgan fingerprint density at radius 2 is 2.16 bits per heavy atom. The molecule has 2 rings (SSSR count). The first kappa shape index (κ1) is 15.0. The summed E-state index contributed by atoms with van der Waals surface area (Å²) in [5.41, 5.74) is 1.93. The minimum atomic E-state index is -0.126. The molecule has 0 bridgehead atoms. The zero-order valence-corrected chi connectivity index (χ0v) is 13.7. The van der Waals surface area contributed by atoms with Crippen molar-refractivity contribution < 1.29 is 0 Å². The van der Waals surface area contributed by atoms with Gasteiger partial charge in [0.15, 0.2) is 0 Å². The van der Waals surface area contributed by atoms with Gasteiger partial charge >= 0.3 is 0 Å². The number of halogens is 2. The smallest absolute Gasteiger partial charge is 0.128 e. The number of benzene rings is 1. The molecule has 2 atom stereocenters. The predicted molar refractivity (Wildman–Crippen MR) is 86.7 cm³/mol. The van der Waals surface area contributed by atoms with Crippen LogP contribution in [0.1, 0.15) is 37.5 Å². The monoisotopic (exact) mass is 316 g/mol. The highest BCUT2D eigenvalue weighted by atomic mass is 35.5. The normalized spacial score (nSPS) is 14.8. The van der Waals surface area contributed by atoms with Crippen LogP contribution in [0.3, 0.4) is 0 Å². The lowest BCUT2D eigenvalue weighted by molar-refractivity contribution is 0.530. The Kier molecular flexibility index (Phi) is 5.04. The maximum atomic E-state index is 6.30. The summed E-state index contributed by atoms with van der Waals surface area (Å²) in [4.78, 5) is 4.65. The zero-order chi connectivity index (χ0) is 14.0. The van der Waals surface area contributed by atoms with Gasteiger partial charge in [0.05, 0.1) is 15.9 Å². The van der Waals surface area contributed by atoms with Crippen LogP contribution in [0.4, 0.5) is 0 Å². The largest absolute Gasteiger partial charge is 0.323 e. The lowest BCUT2D eigenvalue weighted by Gasteiger charge is -2.20. The first-order chi connectivity index (χ1) is 9.10. The van der Waals surface area contributed by atoms with Crippen molar-refractivity contribution in [2.45, 2.75) is 31.7 Å². The van der Waals surface area contributed by atoms with Gasteiger partial charge in [-0.1, -0.05) is 24.6 Å². The molecule has 0 aliphatic rings. The van der Waals surface area contributed by atoms with Gasteiger partial charge < -0.3 is 4.57 Å². The second kappa shape index (κ2) is 6.38. The maximum absolute atomic E-state index is 6.30. The molecule has 0 saturated carbocycles. The summed E-state index contributed by atoms with van der Waals surface area (Å²) in [6, 6.07) is 6.31. The van der Waals surface area contributed by atoms with Crippen LogP contribution >= 0.6 is 35.0 Å². The SMILES string of the molecule is CCC(CSC)n1c(C(C)Cl)nc2c(Cl)cccc21. The van der Waals surface area contributed by atoms with Crippen LogP contribution in [0, 0.1) is 0 Å². The molecule has 0 fully saturated rings. The minimum absolute atomic E-state index is 0.126. The molecule has 104 valence electrons. The van der Waals surface area contributed by atoms with Crippen molar-refractivity contribution in [3.63, 3.8) is 0 Å². The number of thioether (sulfide) groups is 1. The van der Waals surface area contributed by atoms with Crippen molar-refractivity contribution in [3.05, 3.63) is 29.0 Å². The van der Waals surface area contributed by atoms with Crippen molar-refractivity contribution in [3.8, 4) is 0 Å². The van der Waals surface area contributed by atoms with E-state index in [9.17, 15) is 0 Å². The fourth-order valence-corrected chi connectivity index (χ4v) is 3.47. The van der Waals surface area contributed by atoms with E-state index in [1.807, 2.05) is 30.8 Å². The molecule has 0 aliphatic heterocycles. The van der Waals surface area contributed by atoms with Gasteiger partial charge in [-0.05, 0) is 31.7 Å². The van der Waals surface area contributed by atoms with E-state index in [1.165, 1.54) is 0 Å². The first-order valence-electron chi connectivity index (χ1n) is 6.39. The maximum Gasteiger partial charge on any atom is 0.128 e. The Morgan fingerprint density at radius 3 is 2.74 bits per heavy atom. The van der Waals surface area contributed by atoms with Crippen LogP contribution in [-0.2, 0) is 0 Å². The van der Waals surface area contributed by atoms with Crippen molar-refractivity contribution >= 4 is 46.0 Å². The molecule has 1 aromatic carbocycles. The van der Waals surface area contributed by atoms with Gasteiger partial charge in [0.1, 0.15) is 11.3 Å². The van der Waals surface area contributed by atoms with Crippen LogP contribution in [0.25, 0.3) is 11.0 Å². The van der Waals surface area contributed by atoms with Gasteiger partial charge in [-0.15, -0.1) is 11.6 Å². The van der Waals surface area contributed by atoms with Crippen LogP contribution < -0.4 is 0 Å². The molecule has 5 heteroatoms. The number of rotatable bonds is 5. The van der Waals surface area contributed by atoms with Crippen LogP contribution in [0.2, 0.25) is 5.02 Å². The molecule has 2 nitrogen and oxygen atoms in total. The molecule has 0 spiro atoms. The number of hydrogen-bond acceptors (Lipinski definition) is 2. The van der Waals surface area contributed by atoms with E-state index in [1.54, 1.807) is 0 Å². The molecule has 2 unspecified atom stereocenters. The average molecular weight is 317 g/mol. The number of fused-ring (bicyclic) bond motifs is 1. The van der Waals surface area contributed by atoms with Gasteiger partial charge in [-0.3, -0.25) is 0 Å². The molecule has 0 amide bonds. The number of para-hydroxylation sites is 1. The summed E-state index contributed by atoms with van der Waals surface area (Å²) >= 11 is 14.4. The summed E-state index contributed by atoms with van der Waals surface area (Å²) in [5.74, 6) is 1.95. The first-order valence-corrected chi connectivity index (χ1v) is 8.60. The number of alkyl halides is 1. The van der Waals surface area contributed by atoms with E-state index < -0.39 is 0 Å². The Bertz CT molecular complexity index is 566. The Hall–Kier alpha value is -0.380. The number of hydrogen-bond donors (Lipinski definition) is 0. The predicted octanol–water partition coefficient (Wildman–Crippen LogP) is 5.30. The van der Waals surface area contributed by atoms with Crippen molar-refractivity contribution in [2.24, 2.45) is 0 Å². The van der Waals surface area contributed by atoms with Gasteiger partial charge in [0.25, 0.3) is 0 Å². The van der Waals surface area contributed by atoms with Crippen LogP contribution in [-0.4, -0.2) is 21.6 Å². The van der Waals surface area contributed by atoms with E-state index >= 15 is 0 Å². The average Bonchev–Trinajstić information content (AvgIpc) is 2.77. The summed E-state index contributed by atoms with van der Waals surface area (Å²) in [6.45, 7) is 4.15. The summed E-state index contributed by atoms with van der Waals surface area (Å²) < 4.78 is 2.26. The molecule has 19 heavy (non-hydrogen) atoms. The molecule has 0 radical (unpaired) electrons. The summed E-state index contributed by atoms with van der Waals surface area (Å²) in [5, 5.41) is 0.563. The van der Waals surface area contributed by atoms with Crippen molar-refractivity contribution in [1.29, 1.82) is 0 Å². The highest BCUT2D eigenvalue weighted by molar-refractivity contribution is 7.98. The van der Waals surface area contributed by atoms with E-state index in [4.69, 9.17) is 23.2 Å². The lowest BCUT2D eigenvalue weighted by atomic mass is 10.2. The van der Waals surface area contributed by atoms with Crippen molar-refractivity contribution in [2.75, 3.05) is 12.0 Å². The Morgan fingerprint density at radius 1 is 1.42 bits per heavy atom. The third-order valence-corrected chi connectivity index (χ3v) is 4.47. The third kappa shape index (κ3) is 2.88. The summed E-state index contributed by atoms with van der Waals surface area (Å²) in [6.07, 6.45) is 3.17. The van der Waals surface area contributed by atoms with Gasteiger partial charge in [-0.2, -0.15) is 11.8 Å². The second-order valence-corrected chi connectivity index (χ2v) is 6.55. The Balaban J connectivity index is 2.67. The third-order valence-electron chi connectivity index (χ3n) is 3.25. The number of aromatic nitrogens is 2. The van der Waals surface area contributed by atoms with Gasteiger partial charge in [0, 0.05) is 11.8 Å². The van der Waals surface area contributed by atoms with E-state index in [-0.39, 0.29) is 5.38 Å². The molecule has 0 aliphatic carbocycles. The molecule has 2 aromatic rings. The highest BCUT2D eigenvalue weighted by Crippen LogP contribution is 2.33. The van der Waals surface area contributed by atoms with E-state index in [0.29, 0.717) is 11.1 Å². The molecule has 1 heterocycles. The van der Waals surface area contributed by atoms with Crippen LogP contribution in [0.15, 0.2) is 18.2 Å². The van der Waals surface area contributed by atoms with Gasteiger partial charge in [-0.25, -0.2) is 4.98 Å². The molecular weight excluding hydrogens is 299 g/mol. The molecule has 0 saturated heterocycles. The Labute approximate surface area is 128 Å². The molecular formula is C14H18Cl2N2S. The summed E-state index contributed by atoms with van der Waals surface area (Å²) in [7, 11) is 0. The lowest BCUT2D eigenvalue weighted by Crippen LogP contribution is -2.14. The number of nitrogens with zero attached hydrogens (tertiary/aromatic N) is 2. The van der Waals surface area contributed by atoms with E-state index in [2.05, 4.69) is 28.8 Å². The fourth-order valence-electron chi connectivity index (χ4n) is 2.33. The second-order valence-electron chi connectivity index (χ2n) is 4.58. The molecule has 1 aromatic heterocycles. The van der Waals surface area contributed by atoms with Crippen LogP contribution in [0.5, 0.6) is 0 Å². The quantitative estimate of drug-likeness (QED) is 0.696. The molecule has 0 N–H and O–H groups in total. The van der Waals surface area contributed by atoms with Crippen molar-refractivity contribution in [1.82, 2.24) is 9.55 Å². The topological polar surface area (TPSA) is 17.8 Å². The minimum Gasteiger partial charge on any atom is -0.323 e. The standard InChI is InChI=1S/C14H18Cl2N2S/c1-4-10(8-19-3)18-12-7-5-6-11(16)13(12)17-14(18)9(2)15/h5-7,9-10H,4,8H2,1-3H3.